The Balaban J connectivity index is 1.87. The minimum absolute atomic E-state index is 0.0392. The third-order valence-electron chi connectivity index (χ3n) is 4.03. The molecule has 1 amide bonds. The first-order chi connectivity index (χ1) is 10.0. The Labute approximate surface area is 130 Å². The zero-order valence-corrected chi connectivity index (χ0v) is 13.1. The maximum atomic E-state index is 12.1. The van der Waals surface area contributed by atoms with E-state index in [2.05, 4.69) is 5.32 Å². The van der Waals surface area contributed by atoms with E-state index in [1.807, 2.05) is 25.1 Å². The van der Waals surface area contributed by atoms with Crippen molar-refractivity contribution in [1.29, 1.82) is 0 Å². The molecule has 0 unspecified atom stereocenters. The fourth-order valence-electron chi connectivity index (χ4n) is 2.49. The topological polar surface area (TPSA) is 58.6 Å². The first-order valence-electron chi connectivity index (χ1n) is 7.29. The summed E-state index contributed by atoms with van der Waals surface area (Å²) >= 11 is 6.08. The average Bonchev–Trinajstić information content (AvgIpc) is 2.49. The molecular formula is C16H22ClNO3. The van der Waals surface area contributed by atoms with E-state index in [-0.39, 0.29) is 12.5 Å². The molecule has 0 aliphatic carbocycles. The van der Waals surface area contributed by atoms with Crippen LogP contribution in [0.3, 0.4) is 0 Å². The highest BCUT2D eigenvalue weighted by molar-refractivity contribution is 6.31. The summed E-state index contributed by atoms with van der Waals surface area (Å²) in [6.45, 7) is 3.07. The number of nitrogens with one attached hydrogen (secondary N) is 1. The van der Waals surface area contributed by atoms with Gasteiger partial charge in [0.25, 0.3) is 0 Å². The number of aliphatic hydroxyl groups is 1. The molecule has 0 spiro atoms. The molecule has 1 aliphatic rings. The predicted octanol–water partition coefficient (Wildman–Crippen LogP) is 2.24. The van der Waals surface area contributed by atoms with Gasteiger partial charge in [0.05, 0.1) is 12.1 Å². The summed E-state index contributed by atoms with van der Waals surface area (Å²) in [5.74, 6) is -0.0392. The Bertz CT molecular complexity index is 498. The lowest BCUT2D eigenvalue weighted by Gasteiger charge is -2.36. The van der Waals surface area contributed by atoms with Gasteiger partial charge in [0.15, 0.2) is 0 Å². The molecule has 1 aromatic rings. The second-order valence-electron chi connectivity index (χ2n) is 5.68. The SMILES string of the molecule is Cc1ccc(CCC(=O)NC2(CO)CCOCC2)cc1Cl. The minimum atomic E-state index is -0.514. The second-order valence-corrected chi connectivity index (χ2v) is 6.09. The maximum Gasteiger partial charge on any atom is 0.220 e. The van der Waals surface area contributed by atoms with Gasteiger partial charge in [0.1, 0.15) is 0 Å². The zero-order chi connectivity index (χ0) is 15.3. The van der Waals surface area contributed by atoms with E-state index in [1.165, 1.54) is 0 Å². The van der Waals surface area contributed by atoms with Crippen molar-refractivity contribution in [3.63, 3.8) is 0 Å². The summed E-state index contributed by atoms with van der Waals surface area (Å²) in [5.41, 5.74) is 1.57. The maximum absolute atomic E-state index is 12.1. The second kappa shape index (κ2) is 7.25. The third kappa shape index (κ3) is 4.43. The zero-order valence-electron chi connectivity index (χ0n) is 12.3. The molecule has 4 nitrogen and oxygen atoms in total. The molecule has 116 valence electrons. The lowest BCUT2D eigenvalue weighted by molar-refractivity contribution is -0.125. The number of aryl methyl sites for hydroxylation is 2. The van der Waals surface area contributed by atoms with Gasteiger partial charge in [-0.05, 0) is 43.4 Å². The first-order valence-corrected chi connectivity index (χ1v) is 7.67. The smallest absolute Gasteiger partial charge is 0.220 e. The standard InChI is InChI=1S/C16H22ClNO3/c1-12-2-3-13(10-14(12)17)4-5-15(20)18-16(11-19)6-8-21-9-7-16/h2-3,10,19H,4-9,11H2,1H3,(H,18,20). The van der Waals surface area contributed by atoms with Crippen LogP contribution in [-0.2, 0) is 16.0 Å². The quantitative estimate of drug-likeness (QED) is 0.877. The summed E-state index contributed by atoms with van der Waals surface area (Å²) < 4.78 is 5.28. The van der Waals surface area contributed by atoms with Crippen molar-refractivity contribution in [2.24, 2.45) is 0 Å². The van der Waals surface area contributed by atoms with E-state index in [9.17, 15) is 9.90 Å². The molecule has 1 saturated heterocycles. The molecule has 0 atom stereocenters. The van der Waals surface area contributed by atoms with Gasteiger partial charge in [-0.25, -0.2) is 0 Å². The van der Waals surface area contributed by atoms with E-state index in [1.54, 1.807) is 0 Å². The molecule has 0 aromatic heterocycles. The molecular weight excluding hydrogens is 290 g/mol. The van der Waals surface area contributed by atoms with Crippen LogP contribution >= 0.6 is 11.6 Å². The molecule has 0 radical (unpaired) electrons. The number of amides is 1. The fourth-order valence-corrected chi connectivity index (χ4v) is 2.70. The molecule has 1 fully saturated rings. The van der Waals surface area contributed by atoms with Gasteiger partial charge in [0.2, 0.25) is 5.91 Å². The van der Waals surface area contributed by atoms with Crippen LogP contribution in [0, 0.1) is 6.92 Å². The fraction of sp³-hybridized carbons (Fsp3) is 0.562. The van der Waals surface area contributed by atoms with E-state index in [0.717, 1.165) is 16.1 Å². The predicted molar refractivity (Wildman–Crippen MR) is 82.5 cm³/mol. The summed E-state index contributed by atoms with van der Waals surface area (Å²) in [6.07, 6.45) is 2.35. The highest BCUT2D eigenvalue weighted by Gasteiger charge is 2.33. The van der Waals surface area contributed by atoms with Crippen LogP contribution < -0.4 is 5.32 Å². The van der Waals surface area contributed by atoms with Crippen LogP contribution in [0.4, 0.5) is 0 Å². The molecule has 21 heavy (non-hydrogen) atoms. The lowest BCUT2D eigenvalue weighted by Crippen LogP contribution is -2.54. The van der Waals surface area contributed by atoms with Gasteiger partial charge in [-0.15, -0.1) is 0 Å². The third-order valence-corrected chi connectivity index (χ3v) is 4.44. The van der Waals surface area contributed by atoms with E-state index in [0.29, 0.717) is 38.9 Å². The van der Waals surface area contributed by atoms with E-state index < -0.39 is 5.54 Å². The van der Waals surface area contributed by atoms with Crippen molar-refractivity contribution in [3.05, 3.63) is 34.3 Å². The number of hydrogen-bond donors (Lipinski definition) is 2. The average molecular weight is 312 g/mol. The number of hydrogen-bond acceptors (Lipinski definition) is 3. The minimum Gasteiger partial charge on any atom is -0.394 e. The van der Waals surface area contributed by atoms with Crippen molar-refractivity contribution in [1.82, 2.24) is 5.32 Å². The van der Waals surface area contributed by atoms with Gasteiger partial charge in [-0.2, -0.15) is 0 Å². The normalized spacial score (nSPS) is 17.5. The van der Waals surface area contributed by atoms with Crippen molar-refractivity contribution in [3.8, 4) is 0 Å². The molecule has 1 heterocycles. The lowest BCUT2D eigenvalue weighted by atomic mass is 9.90. The van der Waals surface area contributed by atoms with E-state index >= 15 is 0 Å². The number of rotatable bonds is 5. The summed E-state index contributed by atoms with van der Waals surface area (Å²) in [7, 11) is 0. The number of halogens is 1. The van der Waals surface area contributed by atoms with Gasteiger partial charge in [-0.3, -0.25) is 4.79 Å². The monoisotopic (exact) mass is 311 g/mol. The molecule has 0 bridgehead atoms. The summed E-state index contributed by atoms with van der Waals surface area (Å²) in [4.78, 5) is 12.1. The number of ether oxygens (including phenoxy) is 1. The van der Waals surface area contributed by atoms with Gasteiger partial charge >= 0.3 is 0 Å². The van der Waals surface area contributed by atoms with E-state index in [4.69, 9.17) is 16.3 Å². The van der Waals surface area contributed by atoms with Crippen LogP contribution in [0.25, 0.3) is 0 Å². The number of carbonyl (C=O) groups excluding carboxylic acids is 1. The first kappa shape index (κ1) is 16.3. The van der Waals surface area contributed by atoms with Crippen molar-refractivity contribution < 1.29 is 14.6 Å². The molecule has 2 N–H and O–H groups in total. The van der Waals surface area contributed by atoms with Crippen LogP contribution in [0.15, 0.2) is 18.2 Å². The van der Waals surface area contributed by atoms with Crippen LogP contribution in [0.5, 0.6) is 0 Å². The van der Waals surface area contributed by atoms with Crippen LogP contribution in [-0.4, -0.2) is 36.4 Å². The van der Waals surface area contributed by atoms with Crippen LogP contribution in [0.1, 0.15) is 30.4 Å². The summed E-state index contributed by atoms with van der Waals surface area (Å²) in [6, 6.07) is 5.86. The molecule has 2 rings (SSSR count). The molecule has 1 aromatic carbocycles. The van der Waals surface area contributed by atoms with Crippen LogP contribution in [0.2, 0.25) is 5.02 Å². The largest absolute Gasteiger partial charge is 0.394 e. The Morgan fingerprint density at radius 1 is 1.43 bits per heavy atom. The van der Waals surface area contributed by atoms with Crippen molar-refractivity contribution in [2.75, 3.05) is 19.8 Å². The Morgan fingerprint density at radius 3 is 2.76 bits per heavy atom. The Morgan fingerprint density at radius 2 is 2.14 bits per heavy atom. The molecule has 0 saturated carbocycles. The Hall–Kier alpha value is -1.10. The molecule has 1 aliphatic heterocycles. The van der Waals surface area contributed by atoms with Gasteiger partial charge in [0, 0.05) is 24.7 Å². The number of benzene rings is 1. The summed E-state index contributed by atoms with van der Waals surface area (Å²) in [5, 5.41) is 13.3. The highest BCUT2D eigenvalue weighted by atomic mass is 35.5. The number of aliphatic hydroxyl groups excluding tert-OH is 1. The van der Waals surface area contributed by atoms with Crippen molar-refractivity contribution >= 4 is 17.5 Å². The van der Waals surface area contributed by atoms with Gasteiger partial charge < -0.3 is 15.2 Å². The molecule has 5 heteroatoms. The number of carbonyl (C=O) groups is 1. The van der Waals surface area contributed by atoms with Crippen molar-refractivity contribution in [2.45, 2.75) is 38.1 Å². The Kier molecular flexibility index (Phi) is 5.62. The van der Waals surface area contributed by atoms with Gasteiger partial charge in [-0.1, -0.05) is 23.7 Å². The highest BCUT2D eigenvalue weighted by Crippen LogP contribution is 2.21.